The highest BCUT2D eigenvalue weighted by atomic mass is 32.1. The first-order valence-corrected chi connectivity index (χ1v) is 11.2. The molecule has 1 saturated heterocycles. The van der Waals surface area contributed by atoms with Gasteiger partial charge in [0.25, 0.3) is 5.91 Å². The SMILES string of the molecule is Cc1cc(C(=O)CN2C(=O)N[C@@]3(CCCc4sccc43)C2=O)c(C)n1Cc1ccco1. The van der Waals surface area contributed by atoms with Gasteiger partial charge in [-0.15, -0.1) is 11.3 Å². The van der Waals surface area contributed by atoms with Crippen LogP contribution in [0, 0.1) is 13.8 Å². The van der Waals surface area contributed by atoms with Gasteiger partial charge in [0, 0.05) is 27.4 Å². The maximum Gasteiger partial charge on any atom is 0.325 e. The molecule has 1 atom stereocenters. The van der Waals surface area contributed by atoms with E-state index in [0.29, 0.717) is 18.5 Å². The molecule has 0 aromatic carbocycles. The van der Waals surface area contributed by atoms with Crippen LogP contribution in [0.15, 0.2) is 40.3 Å². The molecule has 8 heteroatoms. The van der Waals surface area contributed by atoms with E-state index in [1.807, 2.05) is 48.1 Å². The number of nitrogens with one attached hydrogen (secondary N) is 1. The molecule has 0 unspecified atom stereocenters. The first-order chi connectivity index (χ1) is 14.9. The lowest BCUT2D eigenvalue weighted by atomic mass is 9.80. The van der Waals surface area contributed by atoms with Crippen LogP contribution in [0.2, 0.25) is 0 Å². The Morgan fingerprint density at radius 1 is 1.29 bits per heavy atom. The number of fused-ring (bicyclic) bond motifs is 2. The van der Waals surface area contributed by atoms with Gasteiger partial charge >= 0.3 is 6.03 Å². The van der Waals surface area contributed by atoms with Crippen molar-refractivity contribution in [1.82, 2.24) is 14.8 Å². The van der Waals surface area contributed by atoms with Crippen molar-refractivity contribution < 1.29 is 18.8 Å². The zero-order valence-electron chi connectivity index (χ0n) is 17.4. The number of Topliss-reactive ketones (excluding diaryl/α,β-unsaturated/α-hetero) is 1. The van der Waals surface area contributed by atoms with Crippen LogP contribution >= 0.6 is 11.3 Å². The Morgan fingerprint density at radius 3 is 2.90 bits per heavy atom. The standard InChI is InChI=1S/C23H23N3O4S/c1-14-11-17(15(2)25(14)12-16-5-4-9-30-16)19(27)13-26-21(28)23(24-22(26)29)8-3-6-20-18(23)7-10-31-20/h4-5,7,9-11H,3,6,8,12-13H2,1-2H3,(H,24,29)/t23-/m1/s1. The zero-order valence-corrected chi connectivity index (χ0v) is 18.3. The number of nitrogens with zero attached hydrogens (tertiary/aromatic N) is 2. The number of hydrogen-bond donors (Lipinski definition) is 1. The molecule has 4 heterocycles. The topological polar surface area (TPSA) is 84.5 Å². The van der Waals surface area contributed by atoms with Crippen molar-refractivity contribution in [3.05, 3.63) is 69.1 Å². The van der Waals surface area contributed by atoms with E-state index in [1.54, 1.807) is 17.6 Å². The predicted octanol–water partition coefficient (Wildman–Crippen LogP) is 3.77. The van der Waals surface area contributed by atoms with Gasteiger partial charge in [0.05, 0.1) is 19.4 Å². The van der Waals surface area contributed by atoms with E-state index < -0.39 is 11.6 Å². The predicted molar refractivity (Wildman–Crippen MR) is 115 cm³/mol. The van der Waals surface area contributed by atoms with Crippen molar-refractivity contribution in [3.63, 3.8) is 0 Å². The summed E-state index contributed by atoms with van der Waals surface area (Å²) >= 11 is 1.61. The summed E-state index contributed by atoms with van der Waals surface area (Å²) in [5, 5.41) is 4.86. The van der Waals surface area contributed by atoms with Crippen LogP contribution in [0.3, 0.4) is 0 Å². The maximum absolute atomic E-state index is 13.4. The molecular formula is C23H23N3O4S. The molecule has 0 radical (unpaired) electrons. The molecule has 1 aliphatic heterocycles. The molecule has 5 rings (SSSR count). The number of hydrogen-bond acceptors (Lipinski definition) is 5. The molecule has 1 spiro atoms. The number of aromatic nitrogens is 1. The summed E-state index contributed by atoms with van der Waals surface area (Å²) < 4.78 is 7.43. The summed E-state index contributed by atoms with van der Waals surface area (Å²) in [6, 6.07) is 6.95. The third-order valence-corrected chi connectivity index (χ3v) is 7.39. The summed E-state index contributed by atoms with van der Waals surface area (Å²) in [4.78, 5) is 41.5. The highest BCUT2D eigenvalue weighted by Crippen LogP contribution is 2.42. The summed E-state index contributed by atoms with van der Waals surface area (Å²) in [5.41, 5.74) is 2.08. The van der Waals surface area contributed by atoms with Gasteiger partial charge in [0.15, 0.2) is 5.78 Å². The molecule has 3 aromatic rings. The van der Waals surface area contributed by atoms with E-state index in [9.17, 15) is 14.4 Å². The van der Waals surface area contributed by atoms with Gasteiger partial charge in [-0.25, -0.2) is 4.79 Å². The second-order valence-electron chi connectivity index (χ2n) is 8.21. The number of furan rings is 1. The number of carbonyl (C=O) groups is 3. The molecule has 31 heavy (non-hydrogen) atoms. The molecule has 3 aromatic heterocycles. The molecule has 1 aliphatic carbocycles. The fourth-order valence-corrected chi connectivity index (χ4v) is 5.80. The second kappa shape index (κ2) is 7.23. The van der Waals surface area contributed by atoms with Crippen LogP contribution < -0.4 is 5.32 Å². The highest BCUT2D eigenvalue weighted by molar-refractivity contribution is 7.10. The lowest BCUT2D eigenvalue weighted by molar-refractivity contribution is -0.131. The van der Waals surface area contributed by atoms with Gasteiger partial charge in [0.2, 0.25) is 0 Å². The number of thiophene rings is 1. The van der Waals surface area contributed by atoms with Gasteiger partial charge in [-0.3, -0.25) is 14.5 Å². The van der Waals surface area contributed by atoms with Gasteiger partial charge in [-0.05, 0) is 62.8 Å². The number of aryl methyl sites for hydroxylation is 2. The minimum absolute atomic E-state index is 0.249. The number of urea groups is 1. The average molecular weight is 438 g/mol. The first kappa shape index (κ1) is 19.8. The fourth-order valence-electron chi connectivity index (χ4n) is 4.80. The molecule has 1 fully saturated rings. The summed E-state index contributed by atoms with van der Waals surface area (Å²) in [5.74, 6) is 0.219. The molecule has 0 bridgehead atoms. The molecular weight excluding hydrogens is 414 g/mol. The van der Waals surface area contributed by atoms with Crippen molar-refractivity contribution in [2.75, 3.05) is 6.54 Å². The molecule has 3 amide bonds. The van der Waals surface area contributed by atoms with Crippen molar-refractivity contribution in [3.8, 4) is 0 Å². The summed E-state index contributed by atoms with van der Waals surface area (Å²) in [7, 11) is 0. The Morgan fingerprint density at radius 2 is 2.13 bits per heavy atom. The van der Waals surface area contributed by atoms with Crippen molar-refractivity contribution >= 4 is 29.1 Å². The van der Waals surface area contributed by atoms with E-state index >= 15 is 0 Å². The van der Waals surface area contributed by atoms with E-state index in [-0.39, 0.29) is 18.2 Å². The lowest BCUT2D eigenvalue weighted by Crippen LogP contribution is -2.46. The highest BCUT2D eigenvalue weighted by Gasteiger charge is 2.54. The Labute approximate surface area is 183 Å². The number of carbonyl (C=O) groups excluding carboxylic acids is 3. The van der Waals surface area contributed by atoms with Crippen LogP contribution in [-0.4, -0.2) is 33.7 Å². The molecule has 160 valence electrons. The van der Waals surface area contributed by atoms with Gasteiger partial charge in [0.1, 0.15) is 11.3 Å². The Balaban J connectivity index is 1.39. The molecule has 7 nitrogen and oxygen atoms in total. The zero-order chi connectivity index (χ0) is 21.8. The van der Waals surface area contributed by atoms with E-state index in [2.05, 4.69) is 5.32 Å². The lowest BCUT2D eigenvalue weighted by Gasteiger charge is -2.31. The fraction of sp³-hybridized carbons (Fsp3) is 0.348. The van der Waals surface area contributed by atoms with Crippen LogP contribution in [-0.2, 0) is 23.3 Å². The molecule has 1 N–H and O–H groups in total. The van der Waals surface area contributed by atoms with Crippen LogP contribution in [0.4, 0.5) is 4.79 Å². The van der Waals surface area contributed by atoms with Crippen LogP contribution in [0.1, 0.15) is 50.8 Å². The number of imide groups is 1. The number of ketones is 1. The van der Waals surface area contributed by atoms with Crippen molar-refractivity contribution in [1.29, 1.82) is 0 Å². The van der Waals surface area contributed by atoms with E-state index in [4.69, 9.17) is 4.42 Å². The minimum atomic E-state index is -1.03. The largest absolute Gasteiger partial charge is 0.467 e. The van der Waals surface area contributed by atoms with Crippen molar-refractivity contribution in [2.45, 2.75) is 45.2 Å². The Hall–Kier alpha value is -3.13. The van der Waals surface area contributed by atoms with Gasteiger partial charge in [-0.2, -0.15) is 0 Å². The summed E-state index contributed by atoms with van der Waals surface area (Å²) in [6.45, 7) is 4.05. The van der Waals surface area contributed by atoms with Gasteiger partial charge in [-0.1, -0.05) is 0 Å². The monoisotopic (exact) mass is 437 g/mol. The molecule has 0 saturated carbocycles. The quantitative estimate of drug-likeness (QED) is 0.486. The second-order valence-corrected chi connectivity index (χ2v) is 9.21. The van der Waals surface area contributed by atoms with Crippen LogP contribution in [0.5, 0.6) is 0 Å². The molecule has 2 aliphatic rings. The van der Waals surface area contributed by atoms with E-state index in [1.165, 1.54) is 0 Å². The minimum Gasteiger partial charge on any atom is -0.467 e. The first-order valence-electron chi connectivity index (χ1n) is 10.3. The maximum atomic E-state index is 13.4. The van der Waals surface area contributed by atoms with Crippen molar-refractivity contribution in [2.24, 2.45) is 0 Å². The third-order valence-electron chi connectivity index (χ3n) is 6.41. The normalized spacial score (nSPS) is 20.4. The summed E-state index contributed by atoms with van der Waals surface area (Å²) in [6.07, 6.45) is 3.92. The smallest absolute Gasteiger partial charge is 0.325 e. The Kier molecular flexibility index (Phi) is 4.62. The number of rotatable bonds is 5. The van der Waals surface area contributed by atoms with Crippen LogP contribution in [0.25, 0.3) is 0 Å². The number of amides is 3. The van der Waals surface area contributed by atoms with Gasteiger partial charge < -0.3 is 14.3 Å². The van der Waals surface area contributed by atoms with E-state index in [0.717, 1.165) is 45.3 Å². The Bertz CT molecular complexity index is 1190. The average Bonchev–Trinajstić information content (AvgIpc) is 3.52. The third kappa shape index (κ3) is 3.05.